The molecule has 0 aromatic carbocycles. The van der Waals surface area contributed by atoms with Crippen LogP contribution in [0.15, 0.2) is 0 Å². The van der Waals surface area contributed by atoms with Gasteiger partial charge in [0.1, 0.15) is 0 Å². The molecule has 0 radical (unpaired) electrons. The molecule has 0 heterocycles. The molecule has 0 aromatic heterocycles. The number of hydrogen-bond donors (Lipinski definition) is 0. The van der Waals surface area contributed by atoms with Gasteiger partial charge in [-0.2, -0.15) is 0 Å². The van der Waals surface area contributed by atoms with Crippen LogP contribution >= 0.6 is 11.8 Å². The Morgan fingerprint density at radius 2 is 2.00 bits per heavy atom. The second kappa shape index (κ2) is 8.86. The molecule has 0 fully saturated rings. The van der Waals surface area contributed by atoms with Crippen molar-refractivity contribution in [2.75, 3.05) is 6.26 Å². The molecule has 0 rings (SSSR count). The van der Waals surface area contributed by atoms with Gasteiger partial charge in [0.05, 0.1) is 0 Å². The van der Waals surface area contributed by atoms with E-state index in [9.17, 15) is 0 Å². The molecule has 0 unspecified atom stereocenters. The SMILES string of the molecule is [C-]#CSC.[Na+]. The van der Waals surface area contributed by atoms with E-state index in [1.54, 1.807) is 6.26 Å². The minimum absolute atomic E-state index is 0. The van der Waals surface area contributed by atoms with E-state index in [1.807, 2.05) is 0 Å². The van der Waals surface area contributed by atoms with E-state index >= 15 is 0 Å². The quantitative estimate of drug-likeness (QED) is 0.188. The van der Waals surface area contributed by atoms with Crippen molar-refractivity contribution in [2.24, 2.45) is 0 Å². The fourth-order valence-corrected chi connectivity index (χ4v) is 0. The zero-order chi connectivity index (χ0) is 3.41. The molecule has 5 heavy (non-hydrogen) atoms. The summed E-state index contributed by atoms with van der Waals surface area (Å²) in [5.74, 6) is 0. The smallest absolute Gasteiger partial charge is 0.681 e. The molecule has 2 heteroatoms. The van der Waals surface area contributed by atoms with Crippen molar-refractivity contribution in [2.45, 2.75) is 0 Å². The molecule has 0 atom stereocenters. The summed E-state index contributed by atoms with van der Waals surface area (Å²) in [7, 11) is 0. The van der Waals surface area contributed by atoms with Crippen LogP contribution in [0.25, 0.3) is 0 Å². The molecule has 0 aliphatic rings. The average Bonchev–Trinajstić information content (AvgIpc) is 1.37. The zero-order valence-corrected chi connectivity index (χ0v) is 6.22. The molecule has 0 saturated carbocycles. The molecule has 0 aliphatic heterocycles. The molecule has 0 aliphatic carbocycles. The summed E-state index contributed by atoms with van der Waals surface area (Å²) < 4.78 is 0. The first kappa shape index (κ1) is 9.32. The van der Waals surface area contributed by atoms with E-state index in [1.165, 1.54) is 11.8 Å². The summed E-state index contributed by atoms with van der Waals surface area (Å²) in [6.07, 6.45) is 7.96. The Morgan fingerprint density at radius 3 is 2.00 bits per heavy atom. The zero-order valence-electron chi connectivity index (χ0n) is 3.41. The van der Waals surface area contributed by atoms with Crippen LogP contribution in [0, 0.1) is 11.7 Å². The monoisotopic (exact) mass is 94.0 g/mol. The van der Waals surface area contributed by atoms with Crippen molar-refractivity contribution >= 4 is 11.8 Å². The molecule has 0 saturated heterocycles. The maximum absolute atomic E-state index is 6.16. The number of hydrogen-bond acceptors (Lipinski definition) is 1. The third kappa shape index (κ3) is 11.4. The summed E-state index contributed by atoms with van der Waals surface area (Å²) >= 11 is 1.27. The molecule has 0 amide bonds. The Balaban J connectivity index is 0. The van der Waals surface area contributed by atoms with E-state index in [4.69, 9.17) is 6.42 Å². The Kier molecular flexibility index (Phi) is 16.5. The molecule has 0 N–H and O–H groups in total. The van der Waals surface area contributed by atoms with Gasteiger partial charge in [0.25, 0.3) is 0 Å². The van der Waals surface area contributed by atoms with Crippen LogP contribution in [-0.4, -0.2) is 6.26 Å². The summed E-state index contributed by atoms with van der Waals surface area (Å²) in [4.78, 5) is 0. The van der Waals surface area contributed by atoms with Crippen LogP contribution in [-0.2, 0) is 0 Å². The van der Waals surface area contributed by atoms with E-state index in [-0.39, 0.29) is 29.6 Å². The third-order valence-corrected chi connectivity index (χ3v) is 0.306. The largest absolute Gasteiger partial charge is 1.00 e. The predicted octanol–water partition coefficient (Wildman–Crippen LogP) is -2.10. The number of rotatable bonds is 0. The van der Waals surface area contributed by atoms with E-state index in [0.717, 1.165) is 0 Å². The maximum Gasteiger partial charge on any atom is 1.00 e. The van der Waals surface area contributed by atoms with Crippen LogP contribution in [0.3, 0.4) is 0 Å². The van der Waals surface area contributed by atoms with Gasteiger partial charge in [-0.05, 0) is 6.26 Å². The van der Waals surface area contributed by atoms with Crippen molar-refractivity contribution in [1.29, 1.82) is 0 Å². The van der Waals surface area contributed by atoms with Gasteiger partial charge in [-0.25, -0.2) is 0 Å². The topological polar surface area (TPSA) is 0 Å². The Morgan fingerprint density at radius 1 is 1.80 bits per heavy atom. The summed E-state index contributed by atoms with van der Waals surface area (Å²) in [6.45, 7) is 0. The summed E-state index contributed by atoms with van der Waals surface area (Å²) in [5.41, 5.74) is 0. The Bertz CT molecular complexity index is 36.6. The van der Waals surface area contributed by atoms with Crippen molar-refractivity contribution < 1.29 is 29.6 Å². The van der Waals surface area contributed by atoms with Gasteiger partial charge in [-0.1, -0.05) is 0 Å². The molecule has 22 valence electrons. The summed E-state index contributed by atoms with van der Waals surface area (Å²) in [5, 5.41) is 2.10. The Hall–Kier alpha value is 0.910. The molecule has 0 spiro atoms. The minimum Gasteiger partial charge on any atom is -0.681 e. The van der Waals surface area contributed by atoms with Crippen LogP contribution in [0.2, 0.25) is 0 Å². The van der Waals surface area contributed by atoms with Gasteiger partial charge in [0.15, 0.2) is 0 Å². The van der Waals surface area contributed by atoms with Gasteiger partial charge in [-0.3, -0.25) is 5.25 Å². The molecule has 0 bridgehead atoms. The fraction of sp³-hybridized carbons (Fsp3) is 0.333. The van der Waals surface area contributed by atoms with E-state index in [2.05, 4.69) is 5.25 Å². The van der Waals surface area contributed by atoms with Crippen molar-refractivity contribution in [3.05, 3.63) is 6.42 Å². The first-order valence-corrected chi connectivity index (χ1v) is 2.09. The van der Waals surface area contributed by atoms with E-state index in [0.29, 0.717) is 0 Å². The molecule has 0 nitrogen and oxygen atoms in total. The molecular weight excluding hydrogens is 91.1 g/mol. The first-order chi connectivity index (χ1) is 1.91. The minimum atomic E-state index is 0. The van der Waals surface area contributed by atoms with Crippen molar-refractivity contribution in [3.8, 4) is 5.25 Å². The maximum atomic E-state index is 6.16. The first-order valence-electron chi connectivity index (χ1n) is 0.862. The Labute approximate surface area is 59.0 Å². The molecular formula is C3H3NaS. The third-order valence-electron chi connectivity index (χ3n) is 0.102. The molecule has 0 aromatic rings. The van der Waals surface area contributed by atoms with Crippen LogP contribution in [0.4, 0.5) is 0 Å². The van der Waals surface area contributed by atoms with Gasteiger partial charge in [0, 0.05) is 0 Å². The van der Waals surface area contributed by atoms with Crippen LogP contribution in [0.5, 0.6) is 0 Å². The summed E-state index contributed by atoms with van der Waals surface area (Å²) in [6, 6.07) is 0. The average molecular weight is 94.1 g/mol. The van der Waals surface area contributed by atoms with Gasteiger partial charge in [-0.15, -0.1) is 11.8 Å². The van der Waals surface area contributed by atoms with Crippen molar-refractivity contribution in [1.82, 2.24) is 0 Å². The van der Waals surface area contributed by atoms with Crippen LogP contribution in [0.1, 0.15) is 0 Å². The van der Waals surface area contributed by atoms with Gasteiger partial charge in [0.2, 0.25) is 0 Å². The number of thioether (sulfide) groups is 1. The second-order valence-electron chi connectivity index (χ2n) is 0.306. The van der Waals surface area contributed by atoms with Gasteiger partial charge >= 0.3 is 29.6 Å². The second-order valence-corrected chi connectivity index (χ2v) is 0.919. The predicted molar refractivity (Wildman–Crippen MR) is 20.6 cm³/mol. The van der Waals surface area contributed by atoms with Crippen molar-refractivity contribution in [3.63, 3.8) is 0 Å². The normalized spacial score (nSPS) is 4.00. The van der Waals surface area contributed by atoms with Gasteiger partial charge < -0.3 is 6.42 Å². The fourth-order valence-electron chi connectivity index (χ4n) is 0. The van der Waals surface area contributed by atoms with Crippen LogP contribution < -0.4 is 29.6 Å². The standard InChI is InChI=1S/C3H3S.Na/c1-3-4-2;/h2H3;/q-1;+1. The van der Waals surface area contributed by atoms with E-state index < -0.39 is 0 Å².